The third-order valence-electron chi connectivity index (χ3n) is 4.35. The minimum atomic E-state index is 0.0970. The van der Waals surface area contributed by atoms with Crippen molar-refractivity contribution < 1.29 is 9.53 Å². The lowest BCUT2D eigenvalue weighted by Crippen LogP contribution is -2.23. The SMILES string of the molecule is COc1ccc(C(C)=O)cc1CN1CCC[C@H]1c1ccsc1. The van der Waals surface area contributed by atoms with Gasteiger partial charge in [-0.05, 0) is 66.9 Å². The first-order chi connectivity index (χ1) is 10.7. The van der Waals surface area contributed by atoms with E-state index in [1.165, 1.54) is 18.4 Å². The Hall–Kier alpha value is -1.65. The zero-order valence-corrected chi connectivity index (χ0v) is 13.9. The van der Waals surface area contributed by atoms with Crippen molar-refractivity contribution in [3.8, 4) is 5.75 Å². The van der Waals surface area contributed by atoms with Gasteiger partial charge in [0, 0.05) is 23.7 Å². The lowest BCUT2D eigenvalue weighted by Gasteiger charge is -2.25. The molecule has 1 aliphatic rings. The molecule has 0 aliphatic carbocycles. The molecule has 0 bridgehead atoms. The van der Waals surface area contributed by atoms with Gasteiger partial charge in [0.25, 0.3) is 0 Å². The molecule has 1 fully saturated rings. The fourth-order valence-electron chi connectivity index (χ4n) is 3.20. The van der Waals surface area contributed by atoms with E-state index in [1.807, 2.05) is 18.2 Å². The zero-order valence-electron chi connectivity index (χ0n) is 13.0. The van der Waals surface area contributed by atoms with E-state index in [9.17, 15) is 4.79 Å². The maximum absolute atomic E-state index is 11.6. The third kappa shape index (κ3) is 3.08. The molecule has 3 nitrogen and oxygen atoms in total. The molecule has 1 saturated heterocycles. The van der Waals surface area contributed by atoms with E-state index in [0.717, 1.165) is 30.0 Å². The molecule has 1 aliphatic heterocycles. The molecule has 1 aromatic carbocycles. The molecule has 3 rings (SSSR count). The second-order valence-electron chi connectivity index (χ2n) is 5.77. The highest BCUT2D eigenvalue weighted by Crippen LogP contribution is 2.35. The highest BCUT2D eigenvalue weighted by atomic mass is 32.1. The highest BCUT2D eigenvalue weighted by Gasteiger charge is 2.27. The summed E-state index contributed by atoms with van der Waals surface area (Å²) in [5.41, 5.74) is 3.25. The van der Waals surface area contributed by atoms with E-state index in [2.05, 4.69) is 21.7 Å². The molecular formula is C18H21NO2S. The number of methoxy groups -OCH3 is 1. The number of ether oxygens (including phenoxy) is 1. The van der Waals surface area contributed by atoms with E-state index in [4.69, 9.17) is 4.74 Å². The molecule has 0 amide bonds. The van der Waals surface area contributed by atoms with E-state index in [1.54, 1.807) is 25.4 Å². The van der Waals surface area contributed by atoms with Crippen molar-refractivity contribution in [3.63, 3.8) is 0 Å². The number of carbonyl (C=O) groups is 1. The van der Waals surface area contributed by atoms with Crippen LogP contribution in [-0.2, 0) is 6.54 Å². The molecule has 1 aromatic heterocycles. The predicted molar refractivity (Wildman–Crippen MR) is 89.7 cm³/mol. The van der Waals surface area contributed by atoms with Gasteiger partial charge in [-0.3, -0.25) is 9.69 Å². The maximum atomic E-state index is 11.6. The van der Waals surface area contributed by atoms with Gasteiger partial charge in [0.15, 0.2) is 5.78 Å². The van der Waals surface area contributed by atoms with E-state index < -0.39 is 0 Å². The highest BCUT2D eigenvalue weighted by molar-refractivity contribution is 7.07. The van der Waals surface area contributed by atoms with Gasteiger partial charge in [-0.15, -0.1) is 0 Å². The number of Topliss-reactive ketones (excluding diaryl/α,β-unsaturated/α-hetero) is 1. The molecule has 2 aromatic rings. The third-order valence-corrected chi connectivity index (χ3v) is 5.05. The standard InChI is InChI=1S/C18H21NO2S/c1-13(20)14-5-6-18(21-2)16(10-14)11-19-8-3-4-17(19)15-7-9-22-12-15/h5-7,9-10,12,17H,3-4,8,11H2,1-2H3/t17-/m0/s1. The van der Waals surface area contributed by atoms with Crippen LogP contribution in [0.4, 0.5) is 0 Å². The van der Waals surface area contributed by atoms with Crippen LogP contribution in [0.25, 0.3) is 0 Å². The monoisotopic (exact) mass is 315 g/mol. The normalized spacial score (nSPS) is 18.5. The van der Waals surface area contributed by atoms with Crippen molar-refractivity contribution in [2.75, 3.05) is 13.7 Å². The van der Waals surface area contributed by atoms with Crippen LogP contribution in [-0.4, -0.2) is 24.3 Å². The first-order valence-electron chi connectivity index (χ1n) is 7.63. The van der Waals surface area contributed by atoms with Gasteiger partial charge in [-0.25, -0.2) is 0 Å². The number of hydrogen-bond donors (Lipinski definition) is 0. The van der Waals surface area contributed by atoms with Crippen LogP contribution in [0.2, 0.25) is 0 Å². The Bertz CT molecular complexity index is 651. The second kappa shape index (κ2) is 6.63. The first-order valence-corrected chi connectivity index (χ1v) is 8.57. The number of thiophene rings is 1. The maximum Gasteiger partial charge on any atom is 0.159 e. The van der Waals surface area contributed by atoms with Crippen molar-refractivity contribution >= 4 is 17.1 Å². The molecule has 116 valence electrons. The number of ketones is 1. The molecule has 0 radical (unpaired) electrons. The van der Waals surface area contributed by atoms with E-state index >= 15 is 0 Å². The first kappa shape index (κ1) is 15.3. The number of nitrogens with zero attached hydrogens (tertiary/aromatic N) is 1. The number of likely N-dealkylation sites (tertiary alicyclic amines) is 1. The van der Waals surface area contributed by atoms with Gasteiger partial charge in [-0.2, -0.15) is 11.3 Å². The topological polar surface area (TPSA) is 29.5 Å². The molecular weight excluding hydrogens is 294 g/mol. The fourth-order valence-corrected chi connectivity index (χ4v) is 3.90. The Morgan fingerprint density at radius 1 is 1.41 bits per heavy atom. The van der Waals surface area contributed by atoms with Gasteiger partial charge in [0.1, 0.15) is 5.75 Å². The van der Waals surface area contributed by atoms with Crippen LogP contribution >= 0.6 is 11.3 Å². The van der Waals surface area contributed by atoms with Crippen LogP contribution in [0.3, 0.4) is 0 Å². The van der Waals surface area contributed by atoms with Crippen molar-refractivity contribution in [3.05, 3.63) is 51.7 Å². The minimum Gasteiger partial charge on any atom is -0.496 e. The van der Waals surface area contributed by atoms with E-state index in [0.29, 0.717) is 6.04 Å². The van der Waals surface area contributed by atoms with Gasteiger partial charge in [0.2, 0.25) is 0 Å². The van der Waals surface area contributed by atoms with Crippen LogP contribution in [0.15, 0.2) is 35.0 Å². The smallest absolute Gasteiger partial charge is 0.159 e. The van der Waals surface area contributed by atoms with Crippen LogP contribution < -0.4 is 4.74 Å². The van der Waals surface area contributed by atoms with Crippen molar-refractivity contribution in [1.82, 2.24) is 4.90 Å². The number of hydrogen-bond acceptors (Lipinski definition) is 4. The zero-order chi connectivity index (χ0) is 15.5. The van der Waals surface area contributed by atoms with Gasteiger partial charge in [-0.1, -0.05) is 0 Å². The second-order valence-corrected chi connectivity index (χ2v) is 6.55. The molecule has 0 saturated carbocycles. The molecule has 1 atom stereocenters. The summed E-state index contributed by atoms with van der Waals surface area (Å²) in [6.07, 6.45) is 2.42. The predicted octanol–water partition coefficient (Wildman–Crippen LogP) is 4.30. The number of benzene rings is 1. The summed E-state index contributed by atoms with van der Waals surface area (Å²) < 4.78 is 5.48. The molecule has 4 heteroatoms. The molecule has 0 N–H and O–H groups in total. The average molecular weight is 315 g/mol. The summed E-state index contributed by atoms with van der Waals surface area (Å²) in [6.45, 7) is 3.52. The Kier molecular flexibility index (Phi) is 4.60. The molecule has 2 heterocycles. The largest absolute Gasteiger partial charge is 0.496 e. The van der Waals surface area contributed by atoms with Crippen LogP contribution in [0, 0.1) is 0 Å². The summed E-state index contributed by atoms with van der Waals surface area (Å²) >= 11 is 1.75. The lowest BCUT2D eigenvalue weighted by atomic mass is 10.0. The van der Waals surface area contributed by atoms with Crippen molar-refractivity contribution in [1.29, 1.82) is 0 Å². The van der Waals surface area contributed by atoms with E-state index in [-0.39, 0.29) is 5.78 Å². The Morgan fingerprint density at radius 3 is 2.95 bits per heavy atom. The number of carbonyl (C=O) groups excluding carboxylic acids is 1. The molecule has 0 spiro atoms. The van der Waals surface area contributed by atoms with Crippen LogP contribution in [0.1, 0.15) is 47.3 Å². The van der Waals surface area contributed by atoms with Crippen LogP contribution in [0.5, 0.6) is 5.75 Å². The minimum absolute atomic E-state index is 0.0970. The molecule has 22 heavy (non-hydrogen) atoms. The molecule has 0 unspecified atom stereocenters. The Balaban J connectivity index is 1.85. The lowest BCUT2D eigenvalue weighted by molar-refractivity contribution is 0.101. The fraction of sp³-hybridized carbons (Fsp3) is 0.389. The summed E-state index contributed by atoms with van der Waals surface area (Å²) in [5, 5.41) is 4.38. The Morgan fingerprint density at radius 2 is 2.27 bits per heavy atom. The summed E-state index contributed by atoms with van der Waals surface area (Å²) in [7, 11) is 1.69. The van der Waals surface area contributed by atoms with Gasteiger partial charge < -0.3 is 4.74 Å². The Labute approximate surface area is 135 Å². The van der Waals surface area contributed by atoms with Crippen molar-refractivity contribution in [2.24, 2.45) is 0 Å². The average Bonchev–Trinajstić information content (AvgIpc) is 3.17. The summed E-state index contributed by atoms with van der Waals surface area (Å²) in [6, 6.07) is 8.42. The van der Waals surface area contributed by atoms with Gasteiger partial charge >= 0.3 is 0 Å². The number of rotatable bonds is 5. The summed E-state index contributed by atoms with van der Waals surface area (Å²) in [5.74, 6) is 0.959. The quantitative estimate of drug-likeness (QED) is 0.771. The van der Waals surface area contributed by atoms with Gasteiger partial charge in [0.05, 0.1) is 7.11 Å². The summed E-state index contributed by atoms with van der Waals surface area (Å²) in [4.78, 5) is 14.1. The van der Waals surface area contributed by atoms with Crippen molar-refractivity contribution in [2.45, 2.75) is 32.4 Å².